The second-order valence-electron chi connectivity index (χ2n) is 5.45. The Morgan fingerprint density at radius 1 is 0.609 bits per heavy atom. The fraction of sp³-hybridized carbons (Fsp3) is 0. The van der Waals surface area contributed by atoms with Crippen LogP contribution >= 0.6 is 15.9 Å². The van der Waals surface area contributed by atoms with Crippen molar-refractivity contribution in [1.82, 2.24) is 0 Å². The lowest BCUT2D eigenvalue weighted by Gasteiger charge is -2.06. The summed E-state index contributed by atoms with van der Waals surface area (Å²) in [6.07, 6.45) is 0. The molecule has 0 radical (unpaired) electrons. The van der Waals surface area contributed by atoms with Gasteiger partial charge in [0.2, 0.25) is 0 Å². The third kappa shape index (κ3) is 2.74. The second kappa shape index (κ2) is 5.91. The highest BCUT2D eigenvalue weighted by atomic mass is 79.9. The quantitative estimate of drug-likeness (QED) is 0.261. The molecule has 0 heterocycles. The van der Waals surface area contributed by atoms with Gasteiger partial charge in [-0.15, -0.1) is 0 Å². The van der Waals surface area contributed by atoms with Crippen molar-refractivity contribution in [3.8, 4) is 11.8 Å². The molecule has 0 amide bonds. The van der Waals surface area contributed by atoms with Gasteiger partial charge < -0.3 is 0 Å². The van der Waals surface area contributed by atoms with Crippen LogP contribution in [-0.2, 0) is 0 Å². The van der Waals surface area contributed by atoms with Crippen molar-refractivity contribution in [2.45, 2.75) is 0 Å². The summed E-state index contributed by atoms with van der Waals surface area (Å²) < 4.78 is 1.07. The predicted octanol–water partition coefficient (Wildman–Crippen LogP) is 6.16. The Balaban J connectivity index is 1.98. The molecule has 0 aromatic heterocycles. The molecular formula is C22H13Br. The molecule has 0 saturated carbocycles. The Labute approximate surface area is 143 Å². The van der Waals surface area contributed by atoms with E-state index in [0.717, 1.165) is 15.6 Å². The Morgan fingerprint density at radius 3 is 1.78 bits per heavy atom. The molecule has 0 bridgehead atoms. The van der Waals surface area contributed by atoms with Gasteiger partial charge in [0.25, 0.3) is 0 Å². The van der Waals surface area contributed by atoms with E-state index in [0.29, 0.717) is 0 Å². The minimum Gasteiger partial charge on any atom is -0.0616 e. The molecule has 4 rings (SSSR count). The molecule has 0 fully saturated rings. The van der Waals surface area contributed by atoms with Gasteiger partial charge in [-0.3, -0.25) is 0 Å². The molecule has 108 valence electrons. The lowest BCUT2D eigenvalue weighted by Crippen LogP contribution is -1.84. The third-order valence-electron chi connectivity index (χ3n) is 3.95. The van der Waals surface area contributed by atoms with Crippen LogP contribution in [0.5, 0.6) is 0 Å². The summed E-state index contributed by atoms with van der Waals surface area (Å²) in [7, 11) is 0. The van der Waals surface area contributed by atoms with Crippen molar-refractivity contribution >= 4 is 37.5 Å². The van der Waals surface area contributed by atoms with Gasteiger partial charge in [-0.25, -0.2) is 0 Å². The summed E-state index contributed by atoms with van der Waals surface area (Å²) in [6.45, 7) is 0. The largest absolute Gasteiger partial charge is 0.0616 e. The van der Waals surface area contributed by atoms with E-state index in [4.69, 9.17) is 0 Å². The predicted molar refractivity (Wildman–Crippen MR) is 102 cm³/mol. The summed E-state index contributed by atoms with van der Waals surface area (Å²) in [6, 6.07) is 27.2. The van der Waals surface area contributed by atoms with Gasteiger partial charge in [0.15, 0.2) is 0 Å². The zero-order chi connectivity index (χ0) is 15.6. The summed E-state index contributed by atoms with van der Waals surface area (Å²) in [5, 5.41) is 4.87. The molecule has 4 aromatic carbocycles. The van der Waals surface area contributed by atoms with Crippen molar-refractivity contribution in [2.75, 3.05) is 0 Å². The summed E-state index contributed by atoms with van der Waals surface area (Å²) in [5.41, 5.74) is 2.12. The molecule has 4 aromatic rings. The Kier molecular flexibility index (Phi) is 3.61. The van der Waals surface area contributed by atoms with Gasteiger partial charge in [0.05, 0.1) is 0 Å². The number of rotatable bonds is 0. The summed E-state index contributed by atoms with van der Waals surface area (Å²) in [5.74, 6) is 6.70. The van der Waals surface area contributed by atoms with E-state index in [9.17, 15) is 0 Å². The molecule has 23 heavy (non-hydrogen) atoms. The van der Waals surface area contributed by atoms with Gasteiger partial charge in [0.1, 0.15) is 0 Å². The molecule has 0 aliphatic rings. The van der Waals surface area contributed by atoms with E-state index in [-0.39, 0.29) is 0 Å². The van der Waals surface area contributed by atoms with Gasteiger partial charge in [-0.05, 0) is 51.9 Å². The lowest BCUT2D eigenvalue weighted by molar-refractivity contribution is 1.60. The average molecular weight is 357 g/mol. The maximum Gasteiger partial charge on any atom is 0.0405 e. The number of benzene rings is 4. The van der Waals surface area contributed by atoms with E-state index in [2.05, 4.69) is 82.4 Å². The first-order valence-electron chi connectivity index (χ1n) is 7.49. The van der Waals surface area contributed by atoms with Crippen LogP contribution in [0.25, 0.3) is 21.5 Å². The highest BCUT2D eigenvalue weighted by Crippen LogP contribution is 2.27. The van der Waals surface area contributed by atoms with Crippen LogP contribution in [0.2, 0.25) is 0 Å². The maximum atomic E-state index is 3.46. The molecular weight excluding hydrogens is 344 g/mol. The summed E-state index contributed by atoms with van der Waals surface area (Å²) >= 11 is 3.46. The first-order valence-corrected chi connectivity index (χ1v) is 8.29. The Morgan fingerprint density at radius 2 is 1.17 bits per heavy atom. The fourth-order valence-electron chi connectivity index (χ4n) is 2.82. The van der Waals surface area contributed by atoms with E-state index in [1.165, 1.54) is 21.5 Å². The molecule has 0 atom stereocenters. The van der Waals surface area contributed by atoms with Gasteiger partial charge in [0, 0.05) is 15.6 Å². The number of hydrogen-bond acceptors (Lipinski definition) is 0. The van der Waals surface area contributed by atoms with Crippen LogP contribution in [0.4, 0.5) is 0 Å². The van der Waals surface area contributed by atoms with Crippen LogP contribution in [0.15, 0.2) is 83.3 Å². The Hall–Kier alpha value is -2.56. The third-order valence-corrected chi connectivity index (χ3v) is 4.48. The van der Waals surface area contributed by atoms with Crippen molar-refractivity contribution < 1.29 is 0 Å². The van der Waals surface area contributed by atoms with Crippen molar-refractivity contribution in [3.63, 3.8) is 0 Å². The molecule has 0 spiro atoms. The van der Waals surface area contributed by atoms with Crippen LogP contribution in [0, 0.1) is 11.8 Å². The van der Waals surface area contributed by atoms with E-state index in [1.807, 2.05) is 24.3 Å². The van der Waals surface area contributed by atoms with E-state index < -0.39 is 0 Å². The van der Waals surface area contributed by atoms with Crippen molar-refractivity contribution in [1.29, 1.82) is 0 Å². The van der Waals surface area contributed by atoms with Crippen LogP contribution in [0.1, 0.15) is 11.1 Å². The first-order chi connectivity index (χ1) is 11.3. The zero-order valence-corrected chi connectivity index (χ0v) is 14.0. The normalized spacial score (nSPS) is 10.5. The smallest absolute Gasteiger partial charge is 0.0405 e. The van der Waals surface area contributed by atoms with E-state index in [1.54, 1.807) is 0 Å². The highest BCUT2D eigenvalue weighted by molar-refractivity contribution is 9.10. The zero-order valence-electron chi connectivity index (χ0n) is 12.4. The molecule has 1 heteroatoms. The van der Waals surface area contributed by atoms with E-state index >= 15 is 0 Å². The summed E-state index contributed by atoms with van der Waals surface area (Å²) in [4.78, 5) is 0. The van der Waals surface area contributed by atoms with Crippen LogP contribution < -0.4 is 0 Å². The second-order valence-corrected chi connectivity index (χ2v) is 6.37. The average Bonchev–Trinajstić information content (AvgIpc) is 2.60. The van der Waals surface area contributed by atoms with Crippen molar-refractivity contribution in [3.05, 3.63) is 94.5 Å². The lowest BCUT2D eigenvalue weighted by atomic mass is 9.97. The minimum absolute atomic E-state index is 1.02. The Bertz CT molecular complexity index is 1010. The molecule has 0 saturated heterocycles. The molecule has 0 unspecified atom stereocenters. The van der Waals surface area contributed by atoms with Crippen LogP contribution in [-0.4, -0.2) is 0 Å². The number of halogens is 1. The molecule has 0 aliphatic heterocycles. The SMILES string of the molecule is Brc1ccc(C#Cc2c3ccccc3cc3ccccc23)cc1. The standard InChI is InChI=1S/C22H13Br/c23-19-12-9-16(10-13-19)11-14-22-20-7-3-1-5-17(20)15-18-6-2-4-8-21(18)22/h1-10,12-13,15H. The van der Waals surface area contributed by atoms with Crippen LogP contribution in [0.3, 0.4) is 0 Å². The highest BCUT2D eigenvalue weighted by Gasteiger charge is 2.04. The molecule has 0 N–H and O–H groups in total. The molecule has 0 aliphatic carbocycles. The topological polar surface area (TPSA) is 0 Å². The van der Waals surface area contributed by atoms with Crippen molar-refractivity contribution in [2.24, 2.45) is 0 Å². The number of fused-ring (bicyclic) bond motifs is 2. The van der Waals surface area contributed by atoms with Gasteiger partial charge >= 0.3 is 0 Å². The molecule has 0 nitrogen and oxygen atoms in total. The van der Waals surface area contributed by atoms with Gasteiger partial charge in [-0.2, -0.15) is 0 Å². The van der Waals surface area contributed by atoms with Gasteiger partial charge in [-0.1, -0.05) is 76.3 Å². The monoisotopic (exact) mass is 356 g/mol. The minimum atomic E-state index is 1.02. The first kappa shape index (κ1) is 14.1. The number of hydrogen-bond donors (Lipinski definition) is 0. The maximum absolute atomic E-state index is 3.46. The fourth-order valence-corrected chi connectivity index (χ4v) is 3.08.